The molecule has 0 aliphatic heterocycles. The minimum atomic E-state index is -0.117. The Morgan fingerprint density at radius 2 is 1.91 bits per heavy atom. The van der Waals surface area contributed by atoms with E-state index in [2.05, 4.69) is 22.4 Å². The number of carbonyl (C=O) groups is 1. The van der Waals surface area contributed by atoms with Gasteiger partial charge in [0.2, 0.25) is 5.91 Å². The molecule has 0 saturated heterocycles. The highest BCUT2D eigenvalue weighted by Crippen LogP contribution is 2.23. The quantitative estimate of drug-likeness (QED) is 0.249. The molecule has 33 heavy (non-hydrogen) atoms. The third kappa shape index (κ3) is 6.05. The monoisotopic (exact) mass is 497 g/mol. The van der Waals surface area contributed by atoms with E-state index in [0.29, 0.717) is 26.9 Å². The molecule has 0 aliphatic carbocycles. The Kier molecular flexibility index (Phi) is 7.85. The SMILES string of the molecule is C[C@@H](CCc1ccccc1)NC(=O)CSc1nc2ccsc2c(=O)n1Cc1ccccc1Cl. The van der Waals surface area contributed by atoms with E-state index in [9.17, 15) is 9.59 Å². The van der Waals surface area contributed by atoms with Crippen molar-refractivity contribution in [2.75, 3.05) is 5.75 Å². The normalized spacial score (nSPS) is 12.1. The van der Waals surface area contributed by atoms with Gasteiger partial charge in [0.1, 0.15) is 4.70 Å². The molecule has 5 nitrogen and oxygen atoms in total. The first kappa shape index (κ1) is 23.5. The molecule has 0 aliphatic rings. The summed E-state index contributed by atoms with van der Waals surface area (Å²) < 4.78 is 2.21. The van der Waals surface area contributed by atoms with Gasteiger partial charge in [0, 0.05) is 11.1 Å². The number of aryl methyl sites for hydroxylation is 1. The van der Waals surface area contributed by atoms with Gasteiger partial charge in [0.05, 0.1) is 17.8 Å². The van der Waals surface area contributed by atoms with Crippen molar-refractivity contribution in [2.45, 2.75) is 37.5 Å². The Morgan fingerprint density at radius 3 is 2.70 bits per heavy atom. The number of carbonyl (C=O) groups excluding carboxylic acids is 1. The van der Waals surface area contributed by atoms with E-state index in [-0.39, 0.29) is 23.3 Å². The second-order valence-electron chi connectivity index (χ2n) is 7.79. The lowest BCUT2D eigenvalue weighted by atomic mass is 10.1. The summed E-state index contributed by atoms with van der Waals surface area (Å²) in [6.45, 7) is 2.31. The number of rotatable bonds is 9. The lowest BCUT2D eigenvalue weighted by molar-refractivity contribution is -0.119. The predicted molar refractivity (Wildman–Crippen MR) is 138 cm³/mol. The fraction of sp³-hybridized carbons (Fsp3) is 0.240. The Labute approximate surface area is 205 Å². The molecule has 1 N–H and O–H groups in total. The first-order valence-corrected chi connectivity index (χ1v) is 12.9. The molecule has 2 aromatic carbocycles. The molecule has 0 fully saturated rings. The van der Waals surface area contributed by atoms with E-state index in [0.717, 1.165) is 18.4 Å². The summed E-state index contributed by atoms with van der Waals surface area (Å²) in [5, 5.41) is 6.01. The van der Waals surface area contributed by atoms with Crippen LogP contribution in [0.4, 0.5) is 0 Å². The third-order valence-electron chi connectivity index (χ3n) is 5.27. The van der Waals surface area contributed by atoms with Crippen molar-refractivity contribution in [2.24, 2.45) is 0 Å². The first-order chi connectivity index (χ1) is 16.0. The van der Waals surface area contributed by atoms with Gasteiger partial charge in [-0.25, -0.2) is 4.98 Å². The van der Waals surface area contributed by atoms with Crippen LogP contribution in [0.15, 0.2) is 76.0 Å². The molecular weight excluding hydrogens is 474 g/mol. The van der Waals surface area contributed by atoms with Gasteiger partial charge in [0.25, 0.3) is 5.56 Å². The summed E-state index contributed by atoms with van der Waals surface area (Å²) in [4.78, 5) is 30.4. The highest BCUT2D eigenvalue weighted by atomic mass is 35.5. The molecule has 8 heteroatoms. The van der Waals surface area contributed by atoms with E-state index in [1.54, 1.807) is 10.6 Å². The number of thiophene rings is 1. The van der Waals surface area contributed by atoms with Crippen LogP contribution in [0.2, 0.25) is 5.02 Å². The van der Waals surface area contributed by atoms with E-state index in [1.165, 1.54) is 28.7 Å². The van der Waals surface area contributed by atoms with Crippen molar-refractivity contribution >= 4 is 50.8 Å². The van der Waals surface area contributed by atoms with E-state index in [4.69, 9.17) is 11.6 Å². The van der Waals surface area contributed by atoms with Gasteiger partial charge in [-0.05, 0) is 48.4 Å². The van der Waals surface area contributed by atoms with Crippen LogP contribution >= 0.6 is 34.7 Å². The Balaban J connectivity index is 1.44. The summed E-state index contributed by atoms with van der Waals surface area (Å²) in [6.07, 6.45) is 1.76. The summed E-state index contributed by atoms with van der Waals surface area (Å²) in [7, 11) is 0. The second kappa shape index (κ2) is 11.0. The van der Waals surface area contributed by atoms with Gasteiger partial charge >= 0.3 is 0 Å². The van der Waals surface area contributed by atoms with Gasteiger partial charge in [-0.3, -0.25) is 14.2 Å². The zero-order chi connectivity index (χ0) is 23.2. The molecular formula is C25H24ClN3O2S2. The number of hydrogen-bond acceptors (Lipinski definition) is 5. The topological polar surface area (TPSA) is 64.0 Å². The molecule has 1 atom stereocenters. The number of nitrogens with one attached hydrogen (secondary N) is 1. The summed E-state index contributed by atoms with van der Waals surface area (Å²) in [6, 6.07) is 19.5. The lowest BCUT2D eigenvalue weighted by Crippen LogP contribution is -2.34. The number of aromatic nitrogens is 2. The minimum absolute atomic E-state index is 0.0518. The van der Waals surface area contributed by atoms with Crippen LogP contribution in [-0.2, 0) is 17.8 Å². The molecule has 0 bridgehead atoms. The Bertz CT molecular complexity index is 1300. The fourth-order valence-electron chi connectivity index (χ4n) is 3.52. The molecule has 2 heterocycles. The van der Waals surface area contributed by atoms with Crippen LogP contribution < -0.4 is 10.9 Å². The highest BCUT2D eigenvalue weighted by molar-refractivity contribution is 7.99. The van der Waals surface area contributed by atoms with E-state index >= 15 is 0 Å². The molecule has 0 spiro atoms. The number of nitrogens with zero attached hydrogens (tertiary/aromatic N) is 2. The molecule has 170 valence electrons. The number of benzene rings is 2. The maximum atomic E-state index is 13.1. The van der Waals surface area contributed by atoms with Crippen molar-refractivity contribution < 1.29 is 4.79 Å². The molecule has 4 aromatic rings. The molecule has 4 rings (SSSR count). The van der Waals surface area contributed by atoms with Gasteiger partial charge < -0.3 is 5.32 Å². The standard InChI is InChI=1S/C25H24ClN3O2S2/c1-17(11-12-18-7-3-2-4-8-18)27-22(30)16-33-25-28-21-13-14-32-23(21)24(31)29(25)15-19-9-5-6-10-20(19)26/h2-10,13-14,17H,11-12,15-16H2,1H3,(H,27,30)/t17-/m0/s1. The summed E-state index contributed by atoms with van der Waals surface area (Å²) >= 11 is 8.97. The Morgan fingerprint density at radius 1 is 1.15 bits per heavy atom. The molecule has 0 saturated carbocycles. The van der Waals surface area contributed by atoms with Gasteiger partial charge in [0.15, 0.2) is 5.16 Å². The van der Waals surface area contributed by atoms with Crippen molar-refractivity contribution in [1.29, 1.82) is 0 Å². The number of thioether (sulfide) groups is 1. The van der Waals surface area contributed by atoms with E-state index < -0.39 is 0 Å². The summed E-state index contributed by atoms with van der Waals surface area (Å²) in [5.74, 6) is 0.102. The highest BCUT2D eigenvalue weighted by Gasteiger charge is 2.16. The number of halogens is 1. The summed E-state index contributed by atoms with van der Waals surface area (Å²) in [5.41, 5.74) is 2.62. The molecule has 2 aromatic heterocycles. The van der Waals surface area contributed by atoms with Crippen molar-refractivity contribution in [3.05, 3.63) is 92.5 Å². The predicted octanol–water partition coefficient (Wildman–Crippen LogP) is 5.39. The average Bonchev–Trinajstić information content (AvgIpc) is 3.29. The van der Waals surface area contributed by atoms with Crippen molar-refractivity contribution in [3.8, 4) is 0 Å². The van der Waals surface area contributed by atoms with Gasteiger partial charge in [-0.2, -0.15) is 0 Å². The fourth-order valence-corrected chi connectivity index (χ4v) is 5.30. The molecule has 0 unspecified atom stereocenters. The van der Waals surface area contributed by atoms with Crippen LogP contribution in [0, 0.1) is 0 Å². The Hall–Kier alpha value is -2.61. The van der Waals surface area contributed by atoms with Crippen LogP contribution in [0.3, 0.4) is 0 Å². The third-order valence-corrected chi connectivity index (χ3v) is 7.50. The zero-order valence-corrected chi connectivity index (χ0v) is 20.6. The second-order valence-corrected chi connectivity index (χ2v) is 10.1. The van der Waals surface area contributed by atoms with Crippen molar-refractivity contribution in [3.63, 3.8) is 0 Å². The van der Waals surface area contributed by atoms with Crippen molar-refractivity contribution in [1.82, 2.24) is 14.9 Å². The van der Waals surface area contributed by atoms with Crippen LogP contribution in [0.5, 0.6) is 0 Å². The minimum Gasteiger partial charge on any atom is -0.353 e. The lowest BCUT2D eigenvalue weighted by Gasteiger charge is -2.15. The van der Waals surface area contributed by atoms with Crippen LogP contribution in [0.1, 0.15) is 24.5 Å². The van der Waals surface area contributed by atoms with E-state index in [1.807, 2.05) is 54.8 Å². The molecule has 0 radical (unpaired) electrons. The van der Waals surface area contributed by atoms with Gasteiger partial charge in [-0.15, -0.1) is 11.3 Å². The number of amides is 1. The maximum Gasteiger partial charge on any atom is 0.272 e. The largest absolute Gasteiger partial charge is 0.353 e. The van der Waals surface area contributed by atoms with Crippen LogP contribution in [-0.4, -0.2) is 27.3 Å². The number of fused-ring (bicyclic) bond motifs is 1. The average molecular weight is 498 g/mol. The van der Waals surface area contributed by atoms with Crippen LogP contribution in [0.25, 0.3) is 10.2 Å². The number of hydrogen-bond donors (Lipinski definition) is 1. The maximum absolute atomic E-state index is 13.1. The molecule has 1 amide bonds. The zero-order valence-electron chi connectivity index (χ0n) is 18.2. The van der Waals surface area contributed by atoms with Gasteiger partial charge in [-0.1, -0.05) is 71.9 Å². The smallest absolute Gasteiger partial charge is 0.272 e. The first-order valence-electron chi connectivity index (χ1n) is 10.7.